The molecular formula is C18H34. The largest absolute Gasteiger partial charge is 0.0654 e. The molecular weight excluding hydrogens is 216 g/mol. The van der Waals surface area contributed by atoms with Gasteiger partial charge >= 0.3 is 0 Å². The molecule has 0 heterocycles. The van der Waals surface area contributed by atoms with Crippen molar-refractivity contribution < 1.29 is 0 Å². The van der Waals surface area contributed by atoms with Gasteiger partial charge in [0, 0.05) is 0 Å². The minimum atomic E-state index is 0.989. The molecule has 2 bridgehead atoms. The first-order valence-electron chi connectivity index (χ1n) is 8.70. The average Bonchev–Trinajstić information content (AvgIpc) is 2.47. The molecule has 2 rings (SSSR count). The van der Waals surface area contributed by atoms with Crippen LogP contribution < -0.4 is 0 Å². The molecule has 4 unspecified atom stereocenters. The van der Waals surface area contributed by atoms with E-state index in [2.05, 4.69) is 20.8 Å². The predicted molar refractivity (Wildman–Crippen MR) is 80.6 cm³/mol. The van der Waals surface area contributed by atoms with Gasteiger partial charge in [-0.1, -0.05) is 65.7 Å². The summed E-state index contributed by atoms with van der Waals surface area (Å²) in [4.78, 5) is 0. The summed E-state index contributed by atoms with van der Waals surface area (Å²) in [5, 5.41) is 0. The predicted octanol–water partition coefficient (Wildman–Crippen LogP) is 6.06. The molecule has 0 aliphatic heterocycles. The van der Waals surface area contributed by atoms with E-state index in [1.165, 1.54) is 51.4 Å². The number of rotatable bonds is 3. The van der Waals surface area contributed by atoms with Crippen molar-refractivity contribution in [2.45, 2.75) is 85.0 Å². The van der Waals surface area contributed by atoms with E-state index in [1.54, 1.807) is 12.8 Å². The smallest absolute Gasteiger partial charge is 0.0381 e. The van der Waals surface area contributed by atoms with Crippen molar-refractivity contribution in [3.8, 4) is 0 Å². The number of fused-ring (bicyclic) bond motifs is 2. The van der Waals surface area contributed by atoms with Gasteiger partial charge in [-0.15, -0.1) is 0 Å². The molecule has 0 aromatic carbocycles. The van der Waals surface area contributed by atoms with Gasteiger partial charge in [0.2, 0.25) is 0 Å². The molecule has 0 saturated heterocycles. The minimum absolute atomic E-state index is 0.989. The first-order valence-corrected chi connectivity index (χ1v) is 8.70. The van der Waals surface area contributed by atoms with E-state index in [-0.39, 0.29) is 0 Å². The topological polar surface area (TPSA) is 0 Å². The molecule has 2 aliphatic rings. The van der Waals surface area contributed by atoms with Crippen molar-refractivity contribution >= 4 is 0 Å². The van der Waals surface area contributed by atoms with Crippen LogP contribution in [0.4, 0.5) is 0 Å². The van der Waals surface area contributed by atoms with E-state index in [4.69, 9.17) is 0 Å². The van der Waals surface area contributed by atoms with Gasteiger partial charge in [-0.25, -0.2) is 0 Å². The van der Waals surface area contributed by atoms with E-state index in [9.17, 15) is 0 Å². The molecule has 0 amide bonds. The highest BCUT2D eigenvalue weighted by Crippen LogP contribution is 2.44. The zero-order valence-corrected chi connectivity index (χ0v) is 13.0. The van der Waals surface area contributed by atoms with Gasteiger partial charge < -0.3 is 0 Å². The van der Waals surface area contributed by atoms with Gasteiger partial charge in [0.25, 0.3) is 0 Å². The fourth-order valence-electron chi connectivity index (χ4n) is 4.69. The van der Waals surface area contributed by atoms with Crippen LogP contribution in [0.25, 0.3) is 0 Å². The molecule has 0 aromatic rings. The molecule has 2 fully saturated rings. The maximum atomic E-state index is 2.59. The van der Waals surface area contributed by atoms with E-state index in [1.807, 2.05) is 0 Å². The second kappa shape index (κ2) is 6.96. The maximum Gasteiger partial charge on any atom is -0.0381 e. The highest BCUT2D eigenvalue weighted by atomic mass is 14.4. The first kappa shape index (κ1) is 14.4. The van der Waals surface area contributed by atoms with Crippen molar-refractivity contribution in [1.82, 2.24) is 0 Å². The Morgan fingerprint density at radius 2 is 1.78 bits per heavy atom. The Balaban J connectivity index is 2.01. The fourth-order valence-corrected chi connectivity index (χ4v) is 4.69. The maximum absolute atomic E-state index is 2.59. The lowest BCUT2D eigenvalue weighted by atomic mass is 9.73. The molecule has 0 nitrogen and oxygen atoms in total. The van der Waals surface area contributed by atoms with E-state index < -0.39 is 0 Å². The lowest BCUT2D eigenvalue weighted by Gasteiger charge is -2.32. The van der Waals surface area contributed by atoms with Gasteiger partial charge in [-0.2, -0.15) is 0 Å². The summed E-state index contributed by atoms with van der Waals surface area (Å²) in [6.45, 7) is 7.43. The normalized spacial score (nSPS) is 41.8. The van der Waals surface area contributed by atoms with Crippen LogP contribution in [0, 0.1) is 29.6 Å². The lowest BCUT2D eigenvalue weighted by molar-refractivity contribution is 0.180. The molecule has 18 heavy (non-hydrogen) atoms. The second-order valence-electron chi connectivity index (χ2n) is 7.47. The highest BCUT2D eigenvalue weighted by Gasteiger charge is 2.33. The number of hydrogen-bond donors (Lipinski definition) is 0. The molecule has 0 spiro atoms. The quantitative estimate of drug-likeness (QED) is 0.571. The van der Waals surface area contributed by atoms with E-state index in [0.717, 1.165) is 29.6 Å². The summed E-state index contributed by atoms with van der Waals surface area (Å²) >= 11 is 0. The first-order chi connectivity index (χ1) is 8.70. The molecule has 2 aliphatic carbocycles. The summed E-state index contributed by atoms with van der Waals surface area (Å²) in [6, 6.07) is 0. The third-order valence-electron chi connectivity index (χ3n) is 6.01. The van der Waals surface area contributed by atoms with Crippen molar-refractivity contribution in [2.24, 2.45) is 29.6 Å². The Bertz CT molecular complexity index is 232. The van der Waals surface area contributed by atoms with Crippen LogP contribution in [0.15, 0.2) is 0 Å². The van der Waals surface area contributed by atoms with Crippen molar-refractivity contribution in [2.75, 3.05) is 0 Å². The van der Waals surface area contributed by atoms with Gasteiger partial charge in [0.05, 0.1) is 0 Å². The van der Waals surface area contributed by atoms with Crippen LogP contribution in [0.1, 0.15) is 85.0 Å². The Kier molecular flexibility index (Phi) is 5.57. The molecule has 5 atom stereocenters. The van der Waals surface area contributed by atoms with Crippen LogP contribution in [0.3, 0.4) is 0 Å². The van der Waals surface area contributed by atoms with Crippen molar-refractivity contribution in [1.29, 1.82) is 0 Å². The third-order valence-corrected chi connectivity index (χ3v) is 6.01. The third kappa shape index (κ3) is 3.75. The summed E-state index contributed by atoms with van der Waals surface area (Å²) < 4.78 is 0. The lowest BCUT2D eigenvalue weighted by Crippen LogP contribution is -2.23. The van der Waals surface area contributed by atoms with Gasteiger partial charge in [-0.3, -0.25) is 0 Å². The number of hydrogen-bond acceptors (Lipinski definition) is 0. The zero-order chi connectivity index (χ0) is 13.0. The summed E-state index contributed by atoms with van der Waals surface area (Å²) in [6.07, 6.45) is 15.1. The summed E-state index contributed by atoms with van der Waals surface area (Å²) in [5.74, 6) is 5.17. The Morgan fingerprint density at radius 1 is 0.944 bits per heavy atom. The Hall–Kier alpha value is 0. The van der Waals surface area contributed by atoms with Crippen LogP contribution in [0.2, 0.25) is 0 Å². The Labute approximate surface area is 115 Å². The monoisotopic (exact) mass is 250 g/mol. The number of unbranched alkanes of at least 4 members (excludes halogenated alkanes) is 1. The zero-order valence-electron chi connectivity index (χ0n) is 13.0. The van der Waals surface area contributed by atoms with Crippen LogP contribution in [0.5, 0.6) is 0 Å². The molecule has 0 radical (unpaired) electrons. The molecule has 2 saturated carbocycles. The van der Waals surface area contributed by atoms with Crippen LogP contribution in [-0.2, 0) is 0 Å². The van der Waals surface area contributed by atoms with Crippen LogP contribution >= 0.6 is 0 Å². The highest BCUT2D eigenvalue weighted by molar-refractivity contribution is 4.84. The summed E-state index contributed by atoms with van der Waals surface area (Å²) in [5.41, 5.74) is 0. The molecule has 106 valence electrons. The molecule has 0 N–H and O–H groups in total. The van der Waals surface area contributed by atoms with E-state index in [0.29, 0.717) is 0 Å². The van der Waals surface area contributed by atoms with Gasteiger partial charge in [0.1, 0.15) is 0 Å². The molecule has 0 heteroatoms. The van der Waals surface area contributed by atoms with Crippen molar-refractivity contribution in [3.05, 3.63) is 0 Å². The second-order valence-corrected chi connectivity index (χ2v) is 7.47. The van der Waals surface area contributed by atoms with E-state index >= 15 is 0 Å². The van der Waals surface area contributed by atoms with Gasteiger partial charge in [-0.05, 0) is 48.9 Å². The minimum Gasteiger partial charge on any atom is -0.0654 e. The van der Waals surface area contributed by atoms with Gasteiger partial charge in [0.15, 0.2) is 0 Å². The van der Waals surface area contributed by atoms with Crippen molar-refractivity contribution in [3.63, 3.8) is 0 Å². The van der Waals surface area contributed by atoms with Crippen LogP contribution in [-0.4, -0.2) is 0 Å². The summed E-state index contributed by atoms with van der Waals surface area (Å²) in [7, 11) is 0. The standard InChI is InChI=1S/C18H34/c1-4-5-9-17-11-10-16-8-6-7-14(2)12-18(13-16)15(17)3/h14-18H,4-13H2,1-3H3/t14?,15-,16?,17?,18?/m1/s1. The average molecular weight is 250 g/mol. The fraction of sp³-hybridized carbons (Fsp3) is 1.00. The Morgan fingerprint density at radius 3 is 2.56 bits per heavy atom. The molecule has 0 aromatic heterocycles. The SMILES string of the molecule is CCCCC1CCC2CCCC(C)CC(C2)[C@@H]1C.